The van der Waals surface area contributed by atoms with E-state index >= 15 is 0 Å². The van der Waals surface area contributed by atoms with E-state index in [2.05, 4.69) is 27.7 Å². The second kappa shape index (κ2) is 21.3. The molecule has 56 heavy (non-hydrogen) atoms. The van der Waals surface area contributed by atoms with Crippen LogP contribution in [0, 0.1) is 52.3 Å². The summed E-state index contributed by atoms with van der Waals surface area (Å²) in [4.78, 5) is 14.2. The quantitative estimate of drug-likeness (QED) is 0.0653. The maximum absolute atomic E-state index is 14.2. The number of ether oxygens (including phenoxy) is 1. The molecule has 5 rings (SSSR count). The van der Waals surface area contributed by atoms with Gasteiger partial charge in [-0.05, 0) is 116 Å². The van der Waals surface area contributed by atoms with Crippen LogP contribution in [0.4, 0.5) is 0 Å². The van der Waals surface area contributed by atoms with Gasteiger partial charge in [0.1, 0.15) is 30.5 Å². The van der Waals surface area contributed by atoms with Gasteiger partial charge in [0.05, 0.1) is 6.61 Å². The lowest BCUT2D eigenvalue weighted by Crippen LogP contribution is -2.69. The maximum Gasteiger partial charge on any atom is 0.167 e. The summed E-state index contributed by atoms with van der Waals surface area (Å²) in [6.45, 7) is 11.1. The fourth-order valence-electron chi connectivity index (χ4n) is 14.0. The van der Waals surface area contributed by atoms with Crippen LogP contribution in [0.5, 0.6) is 0 Å². The lowest BCUT2D eigenvalue weighted by molar-refractivity contribution is -0.272. The SMILES string of the molecule is [2H]C(CCCCCCCCCCCCC)CC(=O)C(O)(C(C)CCC[C@@H](C)[C@H]1CC[C@H]2[C@@H]3CCC4CCCC[C@]4(C)[C@H]3CC[C@]12C)C1O[C@H](CO)[C@@H](O)[C@H](O)[C@H]1O. The van der Waals surface area contributed by atoms with Gasteiger partial charge in [0.2, 0.25) is 0 Å². The minimum absolute atomic E-state index is 0.173. The van der Waals surface area contributed by atoms with Crippen LogP contribution in [0.3, 0.4) is 0 Å². The molecule has 0 aromatic heterocycles. The zero-order valence-electron chi connectivity index (χ0n) is 37.7. The highest BCUT2D eigenvalue weighted by Gasteiger charge is 2.61. The van der Waals surface area contributed by atoms with Gasteiger partial charge in [-0.1, -0.05) is 137 Å². The van der Waals surface area contributed by atoms with Crippen LogP contribution in [-0.4, -0.2) is 74.0 Å². The summed E-state index contributed by atoms with van der Waals surface area (Å²) in [7, 11) is 0. The van der Waals surface area contributed by atoms with Crippen LogP contribution >= 0.6 is 0 Å². The highest BCUT2D eigenvalue weighted by Crippen LogP contribution is 2.68. The van der Waals surface area contributed by atoms with Crippen molar-refractivity contribution in [3.8, 4) is 0 Å². The largest absolute Gasteiger partial charge is 0.394 e. The van der Waals surface area contributed by atoms with Crippen molar-refractivity contribution in [3.05, 3.63) is 0 Å². The summed E-state index contributed by atoms with van der Waals surface area (Å²) >= 11 is 0. The summed E-state index contributed by atoms with van der Waals surface area (Å²) in [6.07, 6.45) is 21.5. The van der Waals surface area contributed by atoms with Gasteiger partial charge >= 0.3 is 0 Å². The third-order valence-corrected chi connectivity index (χ3v) is 17.5. The molecule has 0 aromatic rings. The number of hydrogen-bond donors (Lipinski definition) is 5. The number of fused-ring (bicyclic) bond motifs is 5. The van der Waals surface area contributed by atoms with Crippen molar-refractivity contribution in [1.29, 1.82) is 0 Å². The molecule has 16 atom stereocenters. The van der Waals surface area contributed by atoms with Crippen molar-refractivity contribution in [2.75, 3.05) is 6.61 Å². The Kier molecular flexibility index (Phi) is 17.1. The van der Waals surface area contributed by atoms with Crippen molar-refractivity contribution in [2.24, 2.45) is 52.3 Å². The molecule has 5 unspecified atom stereocenters. The molecule has 7 heteroatoms. The summed E-state index contributed by atoms with van der Waals surface area (Å²) in [5.41, 5.74) is -1.26. The molecule has 0 bridgehead atoms. The zero-order valence-corrected chi connectivity index (χ0v) is 36.7. The topological polar surface area (TPSA) is 127 Å². The summed E-state index contributed by atoms with van der Waals surface area (Å²) in [5, 5.41) is 54.9. The fraction of sp³-hybridized carbons (Fsp3) is 0.980. The number of carbonyl (C=O) groups excluding carboxylic acids is 1. The van der Waals surface area contributed by atoms with Crippen molar-refractivity contribution in [1.82, 2.24) is 0 Å². The zero-order chi connectivity index (χ0) is 41.4. The first-order valence-corrected chi connectivity index (χ1v) is 24.2. The number of unbranched alkanes of at least 4 members (excludes halogenated alkanes) is 10. The van der Waals surface area contributed by atoms with E-state index in [0.717, 1.165) is 55.8 Å². The van der Waals surface area contributed by atoms with Crippen LogP contribution < -0.4 is 0 Å². The van der Waals surface area contributed by atoms with E-state index in [1.54, 1.807) is 0 Å². The maximum atomic E-state index is 14.2. The van der Waals surface area contributed by atoms with Crippen molar-refractivity contribution in [2.45, 2.75) is 244 Å². The second-order valence-corrected chi connectivity index (χ2v) is 20.8. The number of Topliss-reactive ketones (excluding diaryl/α,β-unsaturated/α-hetero) is 1. The van der Waals surface area contributed by atoms with Gasteiger partial charge in [0.25, 0.3) is 0 Å². The fourth-order valence-corrected chi connectivity index (χ4v) is 14.0. The number of aliphatic hydroxyl groups excluding tert-OH is 4. The Morgan fingerprint density at radius 2 is 1.39 bits per heavy atom. The van der Waals surface area contributed by atoms with E-state index in [0.29, 0.717) is 35.5 Å². The number of ketones is 1. The predicted octanol–water partition coefficient (Wildman–Crippen LogP) is 10.1. The average molecular weight is 790 g/mol. The smallest absolute Gasteiger partial charge is 0.167 e. The van der Waals surface area contributed by atoms with Gasteiger partial charge in [-0.15, -0.1) is 0 Å². The Labute approximate surface area is 344 Å². The highest BCUT2D eigenvalue weighted by molar-refractivity contribution is 5.88. The number of hydrogen-bond acceptors (Lipinski definition) is 7. The van der Waals surface area contributed by atoms with Crippen LogP contribution in [0.15, 0.2) is 0 Å². The summed E-state index contributed by atoms with van der Waals surface area (Å²) < 4.78 is 14.7. The molecule has 326 valence electrons. The van der Waals surface area contributed by atoms with Crippen LogP contribution in [-0.2, 0) is 9.53 Å². The molecule has 7 nitrogen and oxygen atoms in total. The first kappa shape index (κ1) is 45.0. The average Bonchev–Trinajstić information content (AvgIpc) is 3.55. The second-order valence-electron chi connectivity index (χ2n) is 20.8. The summed E-state index contributed by atoms with van der Waals surface area (Å²) in [6, 6.07) is 0. The Balaban J connectivity index is 1.16. The van der Waals surface area contributed by atoms with E-state index < -0.39 is 60.8 Å². The van der Waals surface area contributed by atoms with Crippen molar-refractivity contribution in [3.63, 3.8) is 0 Å². The van der Waals surface area contributed by atoms with Crippen LogP contribution in [0.2, 0.25) is 0 Å². The third kappa shape index (κ3) is 10.1. The van der Waals surface area contributed by atoms with Crippen LogP contribution in [0.1, 0.15) is 209 Å². The standard InChI is InChI=1S/C49H88O7/c1-6-7-8-9-10-11-12-13-14-15-16-17-18-25-42(51)49(55,46-45(54)44(53)43(52)41(33-50)56-46)35(3)23-21-22-34(2)38-28-29-39-37-27-26-36-24-19-20-31-47(36,4)40(37)30-32-48(38,39)5/h34-41,43-46,50,52-55H,6-33H2,1-5H3/t34-,35?,36?,37+,38-,39+,40+,41-,43-,44+,45-,46?,47+,48-,49?/m1/s1/i18D/t18?,34-,35?,36?,37+,38-,39+,40+,41-,43-,44+,45-,46?,47+,48-,49?. The molecule has 1 aliphatic heterocycles. The Bertz CT molecular complexity index is 1220. The summed E-state index contributed by atoms with van der Waals surface area (Å²) in [5.74, 6) is 3.53. The van der Waals surface area contributed by atoms with Gasteiger partial charge in [-0.3, -0.25) is 4.79 Å². The number of aliphatic hydroxyl groups is 5. The van der Waals surface area contributed by atoms with Crippen molar-refractivity contribution >= 4 is 5.78 Å². The molecule has 0 spiro atoms. The molecule has 4 aliphatic carbocycles. The Morgan fingerprint density at radius 3 is 2.05 bits per heavy atom. The van der Waals surface area contributed by atoms with E-state index in [1.165, 1.54) is 116 Å². The van der Waals surface area contributed by atoms with Gasteiger partial charge in [0, 0.05) is 7.79 Å². The molecule has 5 aliphatic rings. The molecule has 0 radical (unpaired) electrons. The van der Waals surface area contributed by atoms with Gasteiger partial charge in [-0.25, -0.2) is 0 Å². The first-order chi connectivity index (χ1) is 27.2. The Morgan fingerprint density at radius 1 is 0.750 bits per heavy atom. The monoisotopic (exact) mass is 790 g/mol. The van der Waals surface area contributed by atoms with Crippen molar-refractivity contribution < 1.29 is 36.4 Å². The Hall–Kier alpha value is -0.570. The van der Waals surface area contributed by atoms with E-state index in [9.17, 15) is 30.3 Å². The van der Waals surface area contributed by atoms with Gasteiger partial charge in [-0.2, -0.15) is 0 Å². The number of rotatable bonds is 23. The van der Waals surface area contributed by atoms with Gasteiger partial charge in [0.15, 0.2) is 11.4 Å². The molecular weight excluding hydrogens is 701 g/mol. The molecule has 5 fully saturated rings. The minimum atomic E-state index is -2.18. The van der Waals surface area contributed by atoms with E-state index in [1.807, 2.05) is 6.92 Å². The molecule has 1 saturated heterocycles. The van der Waals surface area contributed by atoms with E-state index in [-0.39, 0.29) is 6.42 Å². The molecule has 5 N–H and O–H groups in total. The number of carbonyl (C=O) groups is 1. The third-order valence-electron chi connectivity index (χ3n) is 17.5. The van der Waals surface area contributed by atoms with Crippen LogP contribution in [0.25, 0.3) is 0 Å². The molecule has 0 amide bonds. The van der Waals surface area contributed by atoms with Gasteiger partial charge < -0.3 is 30.3 Å². The lowest BCUT2D eigenvalue weighted by atomic mass is 9.44. The molecule has 4 saturated carbocycles. The van der Waals surface area contributed by atoms with E-state index in [4.69, 9.17) is 6.11 Å². The minimum Gasteiger partial charge on any atom is -0.394 e. The highest BCUT2D eigenvalue weighted by atomic mass is 16.6. The predicted molar refractivity (Wildman–Crippen MR) is 226 cm³/mol. The molecule has 0 aromatic carbocycles. The lowest BCUT2D eigenvalue weighted by Gasteiger charge is -2.61. The molecule has 1 heterocycles. The first-order valence-electron chi connectivity index (χ1n) is 24.8. The normalized spacial score (nSPS) is 40.1. The molecular formula is C49H88O7.